The van der Waals surface area contributed by atoms with Gasteiger partial charge in [0.15, 0.2) is 0 Å². The number of hydrogen-bond acceptors (Lipinski definition) is 2. The van der Waals surface area contributed by atoms with E-state index < -0.39 is 0 Å². The second kappa shape index (κ2) is 6.63. The minimum absolute atomic E-state index is 0.0180. The zero-order valence-electron chi connectivity index (χ0n) is 13.6. The van der Waals surface area contributed by atoms with Gasteiger partial charge in [-0.3, -0.25) is 9.59 Å². The molecule has 1 heterocycles. The fraction of sp³-hybridized carbons (Fsp3) is 0.765. The first-order valence-electron chi connectivity index (χ1n) is 8.24. The van der Waals surface area contributed by atoms with Crippen LogP contribution in [0.1, 0.15) is 53.4 Å². The van der Waals surface area contributed by atoms with Crippen LogP contribution in [0.3, 0.4) is 0 Å². The van der Waals surface area contributed by atoms with Crippen LogP contribution < -0.4 is 5.32 Å². The van der Waals surface area contributed by atoms with Crippen molar-refractivity contribution in [2.75, 3.05) is 0 Å². The smallest absolute Gasteiger partial charge is 0.246 e. The van der Waals surface area contributed by atoms with Gasteiger partial charge in [0.1, 0.15) is 12.1 Å². The van der Waals surface area contributed by atoms with Crippen LogP contribution in [0, 0.1) is 11.8 Å². The van der Waals surface area contributed by atoms with Gasteiger partial charge < -0.3 is 10.2 Å². The third kappa shape index (κ3) is 3.14. The van der Waals surface area contributed by atoms with E-state index in [0.717, 1.165) is 25.7 Å². The van der Waals surface area contributed by atoms with E-state index in [-0.39, 0.29) is 41.8 Å². The number of nitrogens with one attached hydrogen (secondary N) is 1. The fourth-order valence-corrected chi connectivity index (χ4v) is 3.41. The molecule has 0 bridgehead atoms. The van der Waals surface area contributed by atoms with Crippen LogP contribution in [0.15, 0.2) is 12.2 Å². The van der Waals surface area contributed by atoms with Crippen LogP contribution in [0.2, 0.25) is 0 Å². The summed E-state index contributed by atoms with van der Waals surface area (Å²) in [4.78, 5) is 27.4. The van der Waals surface area contributed by atoms with Crippen molar-refractivity contribution in [1.29, 1.82) is 0 Å². The van der Waals surface area contributed by atoms with Crippen molar-refractivity contribution in [3.8, 4) is 0 Å². The molecule has 0 radical (unpaired) electrons. The Morgan fingerprint density at radius 2 is 2.00 bits per heavy atom. The first kappa shape index (κ1) is 16.1. The Kier molecular flexibility index (Phi) is 5.07. The summed E-state index contributed by atoms with van der Waals surface area (Å²) in [6, 6.07) is -0.509. The van der Waals surface area contributed by atoms with E-state index in [0.29, 0.717) is 0 Å². The first-order valence-corrected chi connectivity index (χ1v) is 8.24. The third-order valence-electron chi connectivity index (χ3n) is 4.87. The van der Waals surface area contributed by atoms with Gasteiger partial charge in [0.25, 0.3) is 0 Å². The molecule has 0 aromatic heterocycles. The lowest BCUT2D eigenvalue weighted by Gasteiger charge is -2.46. The summed E-state index contributed by atoms with van der Waals surface area (Å²) in [7, 11) is 0. The summed E-state index contributed by atoms with van der Waals surface area (Å²) in [6.45, 7) is 8.14. The molecule has 21 heavy (non-hydrogen) atoms. The molecule has 4 nitrogen and oxygen atoms in total. The van der Waals surface area contributed by atoms with Gasteiger partial charge in [-0.05, 0) is 31.1 Å². The number of allylic oxidation sites excluding steroid dienone is 1. The van der Waals surface area contributed by atoms with Crippen molar-refractivity contribution in [1.82, 2.24) is 10.2 Å². The highest BCUT2D eigenvalue weighted by Gasteiger charge is 2.45. The molecule has 1 fully saturated rings. The molecular weight excluding hydrogens is 264 g/mol. The van der Waals surface area contributed by atoms with Crippen molar-refractivity contribution in [3.63, 3.8) is 0 Å². The second-order valence-corrected chi connectivity index (χ2v) is 6.74. The lowest BCUT2D eigenvalue weighted by atomic mass is 9.87. The van der Waals surface area contributed by atoms with Gasteiger partial charge in [-0.2, -0.15) is 0 Å². The molecule has 1 aliphatic carbocycles. The quantitative estimate of drug-likeness (QED) is 0.809. The highest BCUT2D eigenvalue weighted by Crippen LogP contribution is 2.28. The maximum absolute atomic E-state index is 13.0. The Morgan fingerprint density at radius 1 is 1.29 bits per heavy atom. The van der Waals surface area contributed by atoms with Gasteiger partial charge in [0.2, 0.25) is 11.8 Å². The Morgan fingerprint density at radius 3 is 2.52 bits per heavy atom. The summed E-state index contributed by atoms with van der Waals surface area (Å²) in [6.07, 6.45) is 8.03. The maximum atomic E-state index is 13.0. The van der Waals surface area contributed by atoms with Gasteiger partial charge in [0, 0.05) is 6.04 Å². The van der Waals surface area contributed by atoms with Gasteiger partial charge in [-0.15, -0.1) is 0 Å². The summed E-state index contributed by atoms with van der Waals surface area (Å²) in [5.41, 5.74) is 0. The molecule has 0 saturated carbocycles. The van der Waals surface area contributed by atoms with E-state index in [1.807, 2.05) is 25.7 Å². The van der Waals surface area contributed by atoms with Gasteiger partial charge in [-0.25, -0.2) is 0 Å². The number of carbonyl (C=O) groups is 2. The number of carbonyl (C=O) groups excluding carboxylic acids is 2. The number of nitrogens with zero attached hydrogens (tertiary/aromatic N) is 1. The Bertz CT molecular complexity index is 431. The van der Waals surface area contributed by atoms with Crippen LogP contribution in [0.5, 0.6) is 0 Å². The van der Waals surface area contributed by atoms with Crippen molar-refractivity contribution >= 4 is 11.8 Å². The van der Waals surface area contributed by atoms with E-state index in [2.05, 4.69) is 24.4 Å². The molecule has 4 unspecified atom stereocenters. The number of hydrogen-bond donors (Lipinski definition) is 1. The summed E-state index contributed by atoms with van der Waals surface area (Å²) >= 11 is 0. The van der Waals surface area contributed by atoms with Crippen LogP contribution >= 0.6 is 0 Å². The molecule has 0 spiro atoms. The normalized spacial score (nSPS) is 31.5. The summed E-state index contributed by atoms with van der Waals surface area (Å²) in [5.74, 6) is 0.446. The molecule has 1 aliphatic heterocycles. The Balaban J connectivity index is 2.30. The van der Waals surface area contributed by atoms with Gasteiger partial charge in [0.05, 0.1) is 0 Å². The average molecular weight is 292 g/mol. The molecule has 0 aromatic rings. The molecule has 4 heteroatoms. The molecule has 0 aromatic carbocycles. The standard InChI is InChI=1S/C17H28N2O2/c1-5-12(4)14-17(21)19(13-9-7-6-8-10-13)15(11(2)3)16(20)18-14/h6-7,11-15H,5,8-10H2,1-4H3,(H,18,20). The van der Waals surface area contributed by atoms with E-state index in [1.54, 1.807) is 0 Å². The SMILES string of the molecule is CCC(C)C1NC(=O)C(C(C)C)N(C2CC=CCC2)C1=O. The zero-order valence-corrected chi connectivity index (χ0v) is 13.6. The molecule has 4 atom stereocenters. The number of amides is 2. The Labute approximate surface area is 128 Å². The van der Waals surface area contributed by atoms with Gasteiger partial charge in [-0.1, -0.05) is 46.3 Å². The molecule has 118 valence electrons. The monoisotopic (exact) mass is 292 g/mol. The molecule has 1 N–H and O–H groups in total. The summed E-state index contributed by atoms with van der Waals surface area (Å²) in [5, 5.41) is 2.97. The van der Waals surface area contributed by atoms with Crippen LogP contribution in [0.4, 0.5) is 0 Å². The highest BCUT2D eigenvalue weighted by atomic mass is 16.2. The minimum Gasteiger partial charge on any atom is -0.342 e. The molecule has 2 aliphatic rings. The van der Waals surface area contributed by atoms with Crippen molar-refractivity contribution in [2.24, 2.45) is 11.8 Å². The fourth-order valence-electron chi connectivity index (χ4n) is 3.41. The van der Waals surface area contributed by atoms with E-state index >= 15 is 0 Å². The van der Waals surface area contributed by atoms with E-state index in [1.165, 1.54) is 0 Å². The van der Waals surface area contributed by atoms with Crippen LogP contribution in [0.25, 0.3) is 0 Å². The molecule has 2 rings (SSSR count). The molecule has 2 amide bonds. The predicted molar refractivity (Wildman–Crippen MR) is 83.6 cm³/mol. The number of piperazine rings is 1. The first-order chi connectivity index (χ1) is 9.97. The van der Waals surface area contributed by atoms with E-state index in [4.69, 9.17) is 0 Å². The van der Waals surface area contributed by atoms with Crippen molar-refractivity contribution in [2.45, 2.75) is 71.5 Å². The number of rotatable bonds is 4. The van der Waals surface area contributed by atoms with Crippen LogP contribution in [-0.4, -0.2) is 34.8 Å². The van der Waals surface area contributed by atoms with Gasteiger partial charge >= 0.3 is 0 Å². The largest absolute Gasteiger partial charge is 0.342 e. The van der Waals surface area contributed by atoms with Crippen molar-refractivity contribution < 1.29 is 9.59 Å². The average Bonchev–Trinajstić information content (AvgIpc) is 2.48. The highest BCUT2D eigenvalue weighted by molar-refractivity contribution is 5.97. The van der Waals surface area contributed by atoms with E-state index in [9.17, 15) is 9.59 Å². The molecule has 1 saturated heterocycles. The Hall–Kier alpha value is -1.32. The van der Waals surface area contributed by atoms with Crippen molar-refractivity contribution in [3.05, 3.63) is 12.2 Å². The molecular formula is C17H28N2O2. The minimum atomic E-state index is -0.358. The predicted octanol–water partition coefficient (Wildman–Crippen LogP) is 2.49. The second-order valence-electron chi connectivity index (χ2n) is 6.74. The lowest BCUT2D eigenvalue weighted by molar-refractivity contribution is -0.156. The zero-order chi connectivity index (χ0) is 15.6. The summed E-state index contributed by atoms with van der Waals surface area (Å²) < 4.78 is 0. The lowest BCUT2D eigenvalue weighted by Crippen LogP contribution is -2.68. The maximum Gasteiger partial charge on any atom is 0.246 e. The third-order valence-corrected chi connectivity index (χ3v) is 4.87. The van der Waals surface area contributed by atoms with Crippen LogP contribution in [-0.2, 0) is 9.59 Å². The topological polar surface area (TPSA) is 49.4 Å².